The van der Waals surface area contributed by atoms with Gasteiger partial charge in [-0.1, -0.05) is 19.8 Å². The molecule has 0 fully saturated rings. The summed E-state index contributed by atoms with van der Waals surface area (Å²) in [7, 11) is 4.77. The van der Waals surface area contributed by atoms with Crippen molar-refractivity contribution < 1.29 is 4.65 Å². The van der Waals surface area contributed by atoms with Crippen LogP contribution in [0.15, 0.2) is 0 Å². The number of rotatable bonds is 4. The summed E-state index contributed by atoms with van der Waals surface area (Å²) in [4.78, 5) is 0. The fourth-order valence-electron chi connectivity index (χ4n) is 0.435. The third-order valence-corrected chi connectivity index (χ3v) is 0.866. The van der Waals surface area contributed by atoms with Crippen molar-refractivity contribution in [3.8, 4) is 0 Å². The number of unbranched alkanes of at least 4 members (excludes halogenated alkanes) is 2. The predicted octanol–water partition coefficient (Wildman–Crippen LogP) is 1.28. The van der Waals surface area contributed by atoms with E-state index in [1.807, 2.05) is 0 Å². The highest BCUT2D eigenvalue weighted by atomic mass is 16.4. The van der Waals surface area contributed by atoms with Crippen LogP contribution < -0.4 is 0 Å². The van der Waals surface area contributed by atoms with Gasteiger partial charge in [0.05, 0.1) is 0 Å². The summed E-state index contributed by atoms with van der Waals surface area (Å²) in [5.74, 6) is 0. The zero-order valence-corrected chi connectivity index (χ0v) is 4.81. The van der Waals surface area contributed by atoms with Gasteiger partial charge in [-0.2, -0.15) is 0 Å². The van der Waals surface area contributed by atoms with E-state index < -0.39 is 0 Å². The molecule has 0 saturated heterocycles. The fourth-order valence-corrected chi connectivity index (χ4v) is 0.435. The second-order valence-electron chi connectivity index (χ2n) is 1.58. The molecule has 2 radical (unpaired) electrons. The van der Waals surface area contributed by atoms with Gasteiger partial charge in [0.1, 0.15) is 0 Å². The average Bonchev–Trinajstić information content (AvgIpc) is 1.69. The lowest BCUT2D eigenvalue weighted by Crippen LogP contribution is -1.87. The second kappa shape index (κ2) is 6.02. The quantitative estimate of drug-likeness (QED) is 0.380. The van der Waals surface area contributed by atoms with Gasteiger partial charge < -0.3 is 4.65 Å². The van der Waals surface area contributed by atoms with Gasteiger partial charge in [0.15, 0.2) is 0 Å². The van der Waals surface area contributed by atoms with Gasteiger partial charge in [-0.05, 0) is 6.42 Å². The summed E-state index contributed by atoms with van der Waals surface area (Å²) in [6.07, 6.45) is 3.54. The minimum Gasteiger partial charge on any atom is -0.448 e. The van der Waals surface area contributed by atoms with Crippen molar-refractivity contribution in [3.63, 3.8) is 0 Å². The molecule has 0 N–H and O–H groups in total. The maximum absolute atomic E-state index is 4.77. The molecule has 0 amide bonds. The first kappa shape index (κ1) is 7.02. The van der Waals surface area contributed by atoms with Crippen molar-refractivity contribution in [2.75, 3.05) is 6.61 Å². The van der Waals surface area contributed by atoms with Crippen LogP contribution in [0.4, 0.5) is 0 Å². The SMILES string of the molecule is [B]OCCCCC. The normalized spacial score (nSPS) is 9.29. The minimum atomic E-state index is 0.702. The highest BCUT2D eigenvalue weighted by Gasteiger charge is 1.79. The first-order valence-electron chi connectivity index (χ1n) is 2.73. The molecule has 0 aliphatic carbocycles. The van der Waals surface area contributed by atoms with Crippen LogP contribution in [-0.4, -0.2) is 14.7 Å². The maximum Gasteiger partial charge on any atom is 0.282 e. The molecule has 0 aliphatic heterocycles. The molecule has 0 unspecified atom stereocenters. The molecule has 2 heteroatoms. The molecule has 0 heterocycles. The Bertz CT molecular complexity index is 27.3. The topological polar surface area (TPSA) is 9.23 Å². The van der Waals surface area contributed by atoms with Gasteiger partial charge in [0.25, 0.3) is 8.05 Å². The zero-order valence-electron chi connectivity index (χ0n) is 4.81. The number of hydrogen-bond donors (Lipinski definition) is 0. The second-order valence-corrected chi connectivity index (χ2v) is 1.58. The summed E-state index contributed by atoms with van der Waals surface area (Å²) < 4.78 is 4.34. The van der Waals surface area contributed by atoms with Crippen molar-refractivity contribution in [2.45, 2.75) is 26.2 Å². The summed E-state index contributed by atoms with van der Waals surface area (Å²) in [6, 6.07) is 0. The molecule has 0 aromatic carbocycles. The Hall–Kier alpha value is 0.0249. The lowest BCUT2D eigenvalue weighted by atomic mass is 10.3. The molecule has 0 aromatic heterocycles. The van der Waals surface area contributed by atoms with E-state index in [9.17, 15) is 0 Å². The van der Waals surface area contributed by atoms with E-state index in [0.29, 0.717) is 6.61 Å². The lowest BCUT2D eigenvalue weighted by molar-refractivity contribution is 0.335. The third kappa shape index (κ3) is 6.02. The van der Waals surface area contributed by atoms with E-state index >= 15 is 0 Å². The molecule has 7 heavy (non-hydrogen) atoms. The van der Waals surface area contributed by atoms with E-state index in [-0.39, 0.29) is 0 Å². The molecule has 0 rings (SSSR count). The molecule has 1 nitrogen and oxygen atoms in total. The van der Waals surface area contributed by atoms with Gasteiger partial charge in [0.2, 0.25) is 0 Å². The number of hydrogen-bond acceptors (Lipinski definition) is 1. The Morgan fingerprint density at radius 3 is 2.57 bits per heavy atom. The summed E-state index contributed by atoms with van der Waals surface area (Å²) >= 11 is 0. The Morgan fingerprint density at radius 2 is 2.14 bits per heavy atom. The smallest absolute Gasteiger partial charge is 0.282 e. The van der Waals surface area contributed by atoms with Crippen LogP contribution in [0.25, 0.3) is 0 Å². The first-order chi connectivity index (χ1) is 3.41. The largest absolute Gasteiger partial charge is 0.448 e. The van der Waals surface area contributed by atoms with Crippen LogP contribution in [-0.2, 0) is 4.65 Å². The van der Waals surface area contributed by atoms with Crippen molar-refractivity contribution in [2.24, 2.45) is 0 Å². The van der Waals surface area contributed by atoms with Gasteiger partial charge in [-0.15, -0.1) is 0 Å². The molecular weight excluding hydrogens is 86.9 g/mol. The molecule has 0 bridgehead atoms. The van der Waals surface area contributed by atoms with Crippen LogP contribution >= 0.6 is 0 Å². The van der Waals surface area contributed by atoms with E-state index in [2.05, 4.69) is 11.6 Å². The Kier molecular flexibility index (Phi) is 6.05. The molecule has 0 spiro atoms. The average molecular weight is 98.0 g/mol. The maximum atomic E-state index is 4.77. The van der Waals surface area contributed by atoms with Gasteiger partial charge >= 0.3 is 0 Å². The molecular formula is C5H11BO. The van der Waals surface area contributed by atoms with Crippen molar-refractivity contribution in [1.82, 2.24) is 0 Å². The summed E-state index contributed by atoms with van der Waals surface area (Å²) in [5, 5.41) is 0. The van der Waals surface area contributed by atoms with Crippen molar-refractivity contribution >= 4 is 8.05 Å². The standard InChI is InChI=1S/C5H11BO/c1-2-3-4-5-7-6/h2-5H2,1H3. The van der Waals surface area contributed by atoms with Crippen molar-refractivity contribution in [1.29, 1.82) is 0 Å². The minimum absolute atomic E-state index is 0.702. The van der Waals surface area contributed by atoms with Gasteiger partial charge in [-0.3, -0.25) is 0 Å². The van der Waals surface area contributed by atoms with Crippen molar-refractivity contribution in [3.05, 3.63) is 0 Å². The molecule has 0 aromatic rings. The zero-order chi connectivity index (χ0) is 5.54. The van der Waals surface area contributed by atoms with Crippen LogP contribution in [0.5, 0.6) is 0 Å². The lowest BCUT2D eigenvalue weighted by Gasteiger charge is -1.93. The van der Waals surface area contributed by atoms with Gasteiger partial charge in [0, 0.05) is 6.61 Å². The van der Waals surface area contributed by atoms with Crippen LogP contribution in [0, 0.1) is 0 Å². The Balaban J connectivity index is 2.45. The Morgan fingerprint density at radius 1 is 1.43 bits per heavy atom. The van der Waals surface area contributed by atoms with E-state index in [0.717, 1.165) is 6.42 Å². The van der Waals surface area contributed by atoms with Gasteiger partial charge in [-0.25, -0.2) is 0 Å². The molecule has 0 saturated carbocycles. The van der Waals surface area contributed by atoms with E-state index in [4.69, 9.17) is 8.05 Å². The third-order valence-electron chi connectivity index (χ3n) is 0.866. The van der Waals surface area contributed by atoms with Crippen LogP contribution in [0.1, 0.15) is 26.2 Å². The summed E-state index contributed by atoms with van der Waals surface area (Å²) in [5.41, 5.74) is 0. The summed E-state index contributed by atoms with van der Waals surface area (Å²) in [6.45, 7) is 2.85. The van der Waals surface area contributed by atoms with E-state index in [1.54, 1.807) is 0 Å². The predicted molar refractivity (Wildman–Crippen MR) is 31.2 cm³/mol. The fraction of sp³-hybridized carbons (Fsp3) is 1.00. The van der Waals surface area contributed by atoms with Crippen LogP contribution in [0.3, 0.4) is 0 Å². The monoisotopic (exact) mass is 98.1 g/mol. The molecule has 0 atom stereocenters. The first-order valence-corrected chi connectivity index (χ1v) is 2.73. The van der Waals surface area contributed by atoms with E-state index in [1.165, 1.54) is 12.8 Å². The Labute approximate surface area is 46.5 Å². The van der Waals surface area contributed by atoms with Crippen LogP contribution in [0.2, 0.25) is 0 Å². The highest BCUT2D eigenvalue weighted by molar-refractivity contribution is 5.97. The molecule has 40 valence electrons. The molecule has 0 aliphatic rings. The highest BCUT2D eigenvalue weighted by Crippen LogP contribution is 1.91.